The van der Waals surface area contributed by atoms with E-state index in [1.807, 2.05) is 11.9 Å². The first-order valence-electron chi connectivity index (χ1n) is 8.61. The molecule has 0 aromatic carbocycles. The molecule has 0 radical (unpaired) electrons. The normalized spacial score (nSPS) is 10.9. The van der Waals surface area contributed by atoms with Crippen molar-refractivity contribution in [2.75, 3.05) is 45.8 Å². The van der Waals surface area contributed by atoms with E-state index in [1.165, 1.54) is 23.2 Å². The first-order chi connectivity index (χ1) is 13.4. The molecule has 0 aliphatic rings. The summed E-state index contributed by atoms with van der Waals surface area (Å²) in [5.41, 5.74) is 0.592. The molecule has 1 aromatic rings. The molecule has 1 rings (SSSR count). The second-order valence-electron chi connectivity index (χ2n) is 5.96. The lowest BCUT2D eigenvalue weighted by Gasteiger charge is -2.23. The lowest BCUT2D eigenvalue weighted by atomic mass is 10.2. The molecule has 0 aliphatic carbocycles. The number of hydrogen-bond donors (Lipinski definition) is 1. The average Bonchev–Trinajstić information content (AvgIpc) is 2.67. The Hall–Kier alpha value is -2.10. The minimum Gasteiger partial charge on any atom is -0.456 e. The maximum Gasteiger partial charge on any atom is 0.338 e. The van der Waals surface area contributed by atoms with Crippen molar-refractivity contribution in [1.82, 2.24) is 20.1 Å². The average molecular weight is 419 g/mol. The molecule has 0 saturated carbocycles. The fraction of sp³-hybridized carbons (Fsp3) is 0.500. The zero-order valence-electron chi connectivity index (χ0n) is 15.7. The molecule has 156 valence electrons. The highest BCUT2D eigenvalue weighted by molar-refractivity contribution is 6.18. The zero-order chi connectivity index (χ0) is 20.9. The van der Waals surface area contributed by atoms with Crippen molar-refractivity contribution in [3.8, 4) is 0 Å². The monoisotopic (exact) mass is 418 g/mol. The Labute approximate surface area is 168 Å². The second kappa shape index (κ2) is 13.1. The fourth-order valence-corrected chi connectivity index (χ4v) is 2.44. The molecule has 0 spiro atoms. The summed E-state index contributed by atoms with van der Waals surface area (Å²) in [6, 6.07) is 2.87. The zero-order valence-corrected chi connectivity index (χ0v) is 16.5. The summed E-state index contributed by atoms with van der Waals surface area (Å²) in [5, 5.41) is 2.93. The van der Waals surface area contributed by atoms with Gasteiger partial charge in [-0.3, -0.25) is 9.78 Å². The molecule has 0 bridgehead atoms. The molecule has 28 heavy (non-hydrogen) atoms. The van der Waals surface area contributed by atoms with Gasteiger partial charge in [-0.05, 0) is 19.2 Å². The third kappa shape index (κ3) is 9.20. The number of likely N-dealkylation sites (N-methyl/N-ethyl adjacent to an activating group) is 1. The van der Waals surface area contributed by atoms with Crippen molar-refractivity contribution < 1.29 is 23.1 Å². The number of amides is 1. The van der Waals surface area contributed by atoms with E-state index in [2.05, 4.69) is 21.6 Å². The van der Waals surface area contributed by atoms with Gasteiger partial charge in [-0.2, -0.15) is 0 Å². The fourth-order valence-electron chi connectivity index (χ4n) is 2.19. The third-order valence-electron chi connectivity index (χ3n) is 3.66. The summed E-state index contributed by atoms with van der Waals surface area (Å²) in [6.07, 6.45) is 0.427. The molecule has 7 nitrogen and oxygen atoms in total. The summed E-state index contributed by atoms with van der Waals surface area (Å²) in [4.78, 5) is 31.5. The van der Waals surface area contributed by atoms with Crippen molar-refractivity contribution in [2.24, 2.45) is 0 Å². The van der Waals surface area contributed by atoms with Crippen molar-refractivity contribution in [1.29, 1.82) is 0 Å². The van der Waals surface area contributed by atoms with Crippen LogP contribution in [0.5, 0.6) is 0 Å². The van der Waals surface area contributed by atoms with Crippen molar-refractivity contribution in [2.45, 2.75) is 13.0 Å². The molecule has 1 amide bonds. The highest BCUT2D eigenvalue weighted by Gasteiger charge is 2.14. The maximum absolute atomic E-state index is 12.2. The van der Waals surface area contributed by atoms with Gasteiger partial charge >= 0.3 is 5.97 Å². The lowest BCUT2D eigenvalue weighted by molar-refractivity contribution is -0.129. The van der Waals surface area contributed by atoms with E-state index >= 15 is 0 Å². The smallest absolute Gasteiger partial charge is 0.338 e. The Morgan fingerprint density at radius 2 is 2.18 bits per heavy atom. The molecule has 0 fully saturated rings. The van der Waals surface area contributed by atoms with Gasteiger partial charge in [0, 0.05) is 32.4 Å². The Morgan fingerprint density at radius 1 is 1.43 bits per heavy atom. The van der Waals surface area contributed by atoms with Crippen molar-refractivity contribution in [3.05, 3.63) is 42.2 Å². The number of alkyl halides is 3. The molecule has 0 aliphatic heterocycles. The van der Waals surface area contributed by atoms with Gasteiger partial charge in [-0.1, -0.05) is 6.08 Å². The summed E-state index contributed by atoms with van der Waals surface area (Å²) in [6.45, 7) is 4.82. The molecule has 1 heterocycles. The molecular weight excluding hydrogens is 394 g/mol. The molecule has 0 unspecified atom stereocenters. The van der Waals surface area contributed by atoms with E-state index in [0.29, 0.717) is 25.3 Å². The van der Waals surface area contributed by atoms with E-state index in [0.717, 1.165) is 0 Å². The summed E-state index contributed by atoms with van der Waals surface area (Å²) < 4.78 is 28.7. The number of nitrogens with one attached hydrogen (secondary N) is 1. The summed E-state index contributed by atoms with van der Waals surface area (Å²) in [5.74, 6) is -1.02. The Kier molecular flexibility index (Phi) is 11.2. The predicted octanol–water partition coefficient (Wildman–Crippen LogP) is 1.74. The van der Waals surface area contributed by atoms with Crippen LogP contribution in [0.1, 0.15) is 16.1 Å². The number of hydrogen-bond acceptors (Lipinski definition) is 6. The minimum absolute atomic E-state index is 0.0413. The van der Waals surface area contributed by atoms with Gasteiger partial charge in [0.1, 0.15) is 0 Å². The van der Waals surface area contributed by atoms with Crippen LogP contribution >= 0.6 is 11.6 Å². The number of carbonyl (C=O) groups excluding carboxylic acids is 2. The summed E-state index contributed by atoms with van der Waals surface area (Å²) >= 11 is 5.85. The van der Waals surface area contributed by atoms with Gasteiger partial charge in [0.2, 0.25) is 5.91 Å². The van der Waals surface area contributed by atoms with Crippen LogP contribution in [0, 0.1) is 0 Å². The number of rotatable bonds is 13. The van der Waals surface area contributed by atoms with E-state index in [4.69, 9.17) is 11.6 Å². The van der Waals surface area contributed by atoms with Gasteiger partial charge in [0.25, 0.3) is 6.43 Å². The molecular formula is C18H25ClF2N4O3. The third-order valence-corrected chi connectivity index (χ3v) is 3.95. The number of halogens is 3. The topological polar surface area (TPSA) is 74.8 Å². The quantitative estimate of drug-likeness (QED) is 0.228. The van der Waals surface area contributed by atoms with E-state index in [9.17, 15) is 18.4 Å². The van der Waals surface area contributed by atoms with E-state index in [1.54, 1.807) is 6.08 Å². The van der Waals surface area contributed by atoms with Crippen LogP contribution in [-0.4, -0.2) is 78.9 Å². The summed E-state index contributed by atoms with van der Waals surface area (Å²) in [7, 11) is 1.92. The van der Waals surface area contributed by atoms with Crippen LogP contribution in [0.3, 0.4) is 0 Å². The van der Waals surface area contributed by atoms with E-state index in [-0.39, 0.29) is 30.6 Å². The van der Waals surface area contributed by atoms with Crippen molar-refractivity contribution in [3.63, 3.8) is 0 Å². The van der Waals surface area contributed by atoms with Gasteiger partial charge in [-0.15, -0.1) is 18.2 Å². The minimum atomic E-state index is -2.72. The van der Waals surface area contributed by atoms with Crippen LogP contribution in [0.2, 0.25) is 0 Å². The highest BCUT2D eigenvalue weighted by Crippen LogP contribution is 2.05. The first kappa shape index (κ1) is 23.9. The standard InChI is InChI=1S/C18H25ClF2N4O3/c1-3-6-24(2)7-8-25(13-19)17(26)11-22-10-15-9-14(4-5-23-15)18(27)28-12-16(20)21/h3-5,9,16,22H,1,6-8,10-13H2,2H3. The Morgan fingerprint density at radius 3 is 2.82 bits per heavy atom. The Balaban J connectivity index is 2.46. The van der Waals surface area contributed by atoms with Gasteiger partial charge in [-0.25, -0.2) is 13.6 Å². The number of ether oxygens (including phenoxy) is 1. The molecule has 10 heteroatoms. The molecule has 1 aromatic heterocycles. The number of esters is 1. The number of nitrogens with zero attached hydrogens (tertiary/aromatic N) is 3. The Bertz CT molecular complexity index is 649. The molecule has 1 N–H and O–H groups in total. The van der Waals surface area contributed by atoms with Crippen molar-refractivity contribution >= 4 is 23.5 Å². The van der Waals surface area contributed by atoms with Gasteiger partial charge in [0.05, 0.1) is 23.8 Å². The van der Waals surface area contributed by atoms with Gasteiger partial charge in [0.15, 0.2) is 6.61 Å². The maximum atomic E-state index is 12.2. The number of aromatic nitrogens is 1. The molecule has 0 atom stereocenters. The van der Waals surface area contributed by atoms with Crippen LogP contribution in [-0.2, 0) is 16.1 Å². The molecule has 0 saturated heterocycles. The van der Waals surface area contributed by atoms with E-state index < -0.39 is 19.0 Å². The SMILES string of the molecule is C=CCN(C)CCN(CCl)C(=O)CNCc1cc(C(=O)OCC(F)F)ccn1. The van der Waals surface area contributed by atoms with Crippen LogP contribution in [0.15, 0.2) is 31.0 Å². The lowest BCUT2D eigenvalue weighted by Crippen LogP contribution is -2.41. The largest absolute Gasteiger partial charge is 0.456 e. The van der Waals surface area contributed by atoms with Crippen LogP contribution < -0.4 is 5.32 Å². The van der Waals surface area contributed by atoms with Crippen LogP contribution in [0.4, 0.5) is 8.78 Å². The van der Waals surface area contributed by atoms with Gasteiger partial charge < -0.3 is 19.9 Å². The second-order valence-corrected chi connectivity index (χ2v) is 6.20. The predicted molar refractivity (Wildman–Crippen MR) is 102 cm³/mol. The highest BCUT2D eigenvalue weighted by atomic mass is 35.5. The van der Waals surface area contributed by atoms with Crippen LogP contribution in [0.25, 0.3) is 0 Å². The number of carbonyl (C=O) groups is 2. The number of pyridine rings is 1. The first-order valence-corrected chi connectivity index (χ1v) is 9.15.